The Kier molecular flexibility index (Phi) is 5.68. The van der Waals surface area contributed by atoms with Crippen molar-refractivity contribution in [3.8, 4) is 0 Å². The van der Waals surface area contributed by atoms with Gasteiger partial charge in [0.25, 0.3) is 5.56 Å². The number of thiophene rings is 1. The molecule has 0 saturated carbocycles. The van der Waals surface area contributed by atoms with Crippen LogP contribution in [0.25, 0.3) is 0 Å². The Balaban J connectivity index is 1.74. The van der Waals surface area contributed by atoms with Gasteiger partial charge < -0.3 is 9.88 Å². The van der Waals surface area contributed by atoms with E-state index in [9.17, 15) is 4.79 Å². The molecule has 130 valence electrons. The van der Waals surface area contributed by atoms with Crippen LogP contribution in [0.1, 0.15) is 37.6 Å². The second-order valence-electron chi connectivity index (χ2n) is 6.78. The van der Waals surface area contributed by atoms with E-state index in [0.29, 0.717) is 24.3 Å². The van der Waals surface area contributed by atoms with Crippen LogP contribution in [0.4, 0.5) is 5.82 Å². The van der Waals surface area contributed by atoms with Crippen molar-refractivity contribution < 1.29 is 0 Å². The molecule has 0 spiro atoms. The number of anilines is 1. The van der Waals surface area contributed by atoms with E-state index in [0.717, 1.165) is 19.6 Å². The molecule has 5 nitrogen and oxygen atoms in total. The van der Waals surface area contributed by atoms with Crippen LogP contribution in [-0.2, 0) is 6.54 Å². The van der Waals surface area contributed by atoms with Gasteiger partial charge in [-0.15, -0.1) is 11.3 Å². The van der Waals surface area contributed by atoms with Crippen LogP contribution < -0.4 is 10.9 Å². The molecule has 6 heteroatoms. The van der Waals surface area contributed by atoms with Crippen LogP contribution in [0.2, 0.25) is 0 Å². The summed E-state index contributed by atoms with van der Waals surface area (Å²) in [5.74, 6) is 0.889. The fraction of sp³-hybridized carbons (Fsp3) is 0.556. The lowest BCUT2D eigenvalue weighted by atomic mass is 10.2. The number of hydrogen-bond acceptors (Lipinski definition) is 5. The molecule has 1 aliphatic heterocycles. The molecule has 2 aromatic rings. The van der Waals surface area contributed by atoms with Crippen molar-refractivity contribution in [2.45, 2.75) is 39.3 Å². The summed E-state index contributed by atoms with van der Waals surface area (Å²) in [6, 6.07) is 4.59. The van der Waals surface area contributed by atoms with Gasteiger partial charge in [0.1, 0.15) is 0 Å². The third-order valence-corrected chi connectivity index (χ3v) is 5.36. The minimum absolute atomic E-state index is 0.0300. The average molecular weight is 347 g/mol. The molecule has 0 radical (unpaired) electrons. The minimum atomic E-state index is -0.0300. The minimum Gasteiger partial charge on any atom is -0.364 e. The predicted octanol–water partition coefficient (Wildman–Crippen LogP) is 3.21. The van der Waals surface area contributed by atoms with Gasteiger partial charge in [-0.25, -0.2) is 4.98 Å². The molecule has 3 heterocycles. The molecular weight excluding hydrogens is 320 g/mol. The molecule has 0 amide bonds. The maximum Gasteiger partial charge on any atom is 0.293 e. The normalized spacial score (nSPS) is 16.6. The maximum absolute atomic E-state index is 12.6. The molecule has 1 saturated heterocycles. The van der Waals surface area contributed by atoms with Crippen molar-refractivity contribution in [3.63, 3.8) is 0 Å². The number of hydrogen-bond donors (Lipinski definition) is 1. The van der Waals surface area contributed by atoms with Gasteiger partial charge in [0.05, 0.1) is 6.04 Å². The van der Waals surface area contributed by atoms with E-state index in [1.165, 1.54) is 17.7 Å². The Hall–Kier alpha value is -1.66. The van der Waals surface area contributed by atoms with Gasteiger partial charge >= 0.3 is 0 Å². The van der Waals surface area contributed by atoms with Gasteiger partial charge in [-0.05, 0) is 43.3 Å². The first-order valence-electron chi connectivity index (χ1n) is 8.72. The first kappa shape index (κ1) is 17.2. The van der Waals surface area contributed by atoms with Crippen LogP contribution >= 0.6 is 11.3 Å². The zero-order chi connectivity index (χ0) is 16.9. The van der Waals surface area contributed by atoms with Gasteiger partial charge in [0.2, 0.25) is 0 Å². The summed E-state index contributed by atoms with van der Waals surface area (Å²) in [5.41, 5.74) is -0.0300. The van der Waals surface area contributed by atoms with Gasteiger partial charge in [-0.3, -0.25) is 9.69 Å². The van der Waals surface area contributed by atoms with E-state index in [4.69, 9.17) is 0 Å². The Morgan fingerprint density at radius 1 is 1.33 bits per heavy atom. The number of rotatable bonds is 7. The highest BCUT2D eigenvalue weighted by Gasteiger charge is 2.24. The molecule has 0 bridgehead atoms. The fourth-order valence-corrected chi connectivity index (χ4v) is 4.10. The second-order valence-corrected chi connectivity index (χ2v) is 7.76. The Morgan fingerprint density at radius 2 is 2.12 bits per heavy atom. The van der Waals surface area contributed by atoms with Gasteiger partial charge in [0.15, 0.2) is 5.82 Å². The highest BCUT2D eigenvalue weighted by molar-refractivity contribution is 7.10. The highest BCUT2D eigenvalue weighted by atomic mass is 32.1. The van der Waals surface area contributed by atoms with Crippen LogP contribution in [0.5, 0.6) is 0 Å². The van der Waals surface area contributed by atoms with Crippen molar-refractivity contribution in [2.75, 3.05) is 25.0 Å². The third-order valence-electron chi connectivity index (χ3n) is 4.39. The van der Waals surface area contributed by atoms with Crippen LogP contribution in [-0.4, -0.2) is 34.1 Å². The number of likely N-dealkylation sites (tertiary alicyclic amines) is 1. The van der Waals surface area contributed by atoms with E-state index in [1.54, 1.807) is 28.3 Å². The summed E-state index contributed by atoms with van der Waals surface area (Å²) in [5, 5.41) is 5.43. The molecule has 1 N–H and O–H groups in total. The van der Waals surface area contributed by atoms with E-state index < -0.39 is 0 Å². The van der Waals surface area contributed by atoms with E-state index in [2.05, 4.69) is 46.6 Å². The standard InChI is InChI=1S/C18H26N4OS/c1-14(2)13-22-10-7-19-17(18(22)23)20-12-15(16-6-5-11-24-16)21-8-3-4-9-21/h5-7,10-11,14-15H,3-4,8-9,12-13H2,1-2H3,(H,19,20). The van der Waals surface area contributed by atoms with Gasteiger partial charge in [0, 0.05) is 30.4 Å². The fourth-order valence-electron chi connectivity index (χ4n) is 3.24. The number of nitrogens with zero attached hydrogens (tertiary/aromatic N) is 3. The largest absolute Gasteiger partial charge is 0.364 e. The summed E-state index contributed by atoms with van der Waals surface area (Å²) in [6.07, 6.45) is 5.99. The maximum atomic E-state index is 12.6. The first-order chi connectivity index (χ1) is 11.6. The SMILES string of the molecule is CC(C)Cn1ccnc(NCC(c2cccs2)N2CCCC2)c1=O. The van der Waals surface area contributed by atoms with Gasteiger partial charge in [-0.2, -0.15) is 0 Å². The summed E-state index contributed by atoms with van der Waals surface area (Å²) in [7, 11) is 0. The van der Waals surface area contributed by atoms with Gasteiger partial charge in [-0.1, -0.05) is 19.9 Å². The molecule has 2 aromatic heterocycles. The average Bonchev–Trinajstić information content (AvgIpc) is 3.24. The first-order valence-corrected chi connectivity index (χ1v) is 9.60. The zero-order valence-corrected chi connectivity index (χ0v) is 15.3. The van der Waals surface area contributed by atoms with Crippen LogP contribution in [0.15, 0.2) is 34.7 Å². The summed E-state index contributed by atoms with van der Waals surface area (Å²) < 4.78 is 1.75. The zero-order valence-electron chi connectivity index (χ0n) is 14.4. The highest BCUT2D eigenvalue weighted by Crippen LogP contribution is 2.28. The van der Waals surface area contributed by atoms with Crippen LogP contribution in [0, 0.1) is 5.92 Å². The molecule has 1 atom stereocenters. The van der Waals surface area contributed by atoms with Crippen molar-refractivity contribution in [2.24, 2.45) is 5.92 Å². The van der Waals surface area contributed by atoms with E-state index in [-0.39, 0.29) is 5.56 Å². The summed E-state index contributed by atoms with van der Waals surface area (Å²) >= 11 is 1.78. The molecular formula is C18H26N4OS. The Morgan fingerprint density at radius 3 is 2.79 bits per heavy atom. The smallest absolute Gasteiger partial charge is 0.293 e. The Bertz CT molecular complexity index is 689. The lowest BCUT2D eigenvalue weighted by Crippen LogP contribution is -2.33. The van der Waals surface area contributed by atoms with E-state index in [1.807, 2.05) is 0 Å². The molecule has 24 heavy (non-hydrogen) atoms. The molecule has 1 fully saturated rings. The molecule has 0 aromatic carbocycles. The molecule has 1 unspecified atom stereocenters. The van der Waals surface area contributed by atoms with Crippen LogP contribution in [0.3, 0.4) is 0 Å². The van der Waals surface area contributed by atoms with Crippen molar-refractivity contribution >= 4 is 17.2 Å². The van der Waals surface area contributed by atoms with Crippen molar-refractivity contribution in [1.29, 1.82) is 0 Å². The Labute approximate surface area is 147 Å². The molecule has 3 rings (SSSR count). The van der Waals surface area contributed by atoms with Crippen molar-refractivity contribution in [3.05, 3.63) is 45.1 Å². The monoisotopic (exact) mass is 346 g/mol. The third kappa shape index (κ3) is 4.05. The van der Waals surface area contributed by atoms with E-state index >= 15 is 0 Å². The lowest BCUT2D eigenvalue weighted by molar-refractivity contribution is 0.259. The quantitative estimate of drug-likeness (QED) is 0.836. The van der Waals surface area contributed by atoms with Crippen molar-refractivity contribution in [1.82, 2.24) is 14.5 Å². The summed E-state index contributed by atoms with van der Waals surface area (Å²) in [4.78, 5) is 20.7. The lowest BCUT2D eigenvalue weighted by Gasteiger charge is -2.27. The molecule has 1 aliphatic rings. The number of aromatic nitrogens is 2. The molecule has 0 aliphatic carbocycles. The second kappa shape index (κ2) is 7.94. The summed E-state index contributed by atoms with van der Waals surface area (Å²) in [6.45, 7) is 7.92. The topological polar surface area (TPSA) is 50.2 Å². The number of nitrogens with one attached hydrogen (secondary N) is 1. The predicted molar refractivity (Wildman–Crippen MR) is 99.7 cm³/mol.